The first-order valence-electron chi connectivity index (χ1n) is 6.91. The molecule has 0 saturated heterocycles. The number of ketones is 1. The van der Waals surface area contributed by atoms with Crippen molar-refractivity contribution in [1.29, 1.82) is 0 Å². The molecule has 3 rings (SSSR count). The topological polar surface area (TPSA) is 17.1 Å². The van der Waals surface area contributed by atoms with E-state index in [1.807, 2.05) is 37.3 Å². The van der Waals surface area contributed by atoms with E-state index in [-0.39, 0.29) is 5.78 Å². The highest BCUT2D eigenvalue weighted by Gasteiger charge is 2.07. The minimum Gasteiger partial charge on any atom is -0.294 e. The molecule has 0 spiro atoms. The van der Waals surface area contributed by atoms with Crippen LogP contribution in [0, 0.1) is 0 Å². The molecule has 1 nitrogen and oxygen atoms in total. The van der Waals surface area contributed by atoms with Crippen LogP contribution in [0.1, 0.15) is 23.7 Å². The molecule has 0 amide bonds. The first kappa shape index (κ1) is 12.6. The van der Waals surface area contributed by atoms with E-state index < -0.39 is 0 Å². The van der Waals surface area contributed by atoms with Crippen molar-refractivity contribution < 1.29 is 4.79 Å². The maximum absolute atomic E-state index is 11.9. The van der Waals surface area contributed by atoms with E-state index in [1.165, 1.54) is 16.3 Å². The van der Waals surface area contributed by atoms with Gasteiger partial charge in [0.1, 0.15) is 0 Å². The highest BCUT2D eigenvalue weighted by Crippen LogP contribution is 2.29. The second kappa shape index (κ2) is 5.30. The summed E-state index contributed by atoms with van der Waals surface area (Å²) >= 11 is 0. The molecule has 0 fully saturated rings. The normalized spacial score (nSPS) is 10.7. The summed E-state index contributed by atoms with van der Waals surface area (Å²) in [5, 5.41) is 2.44. The van der Waals surface area contributed by atoms with E-state index in [2.05, 4.69) is 36.4 Å². The summed E-state index contributed by atoms with van der Waals surface area (Å²) in [5.74, 6) is 0.187. The monoisotopic (exact) mass is 260 g/mol. The van der Waals surface area contributed by atoms with Gasteiger partial charge in [-0.05, 0) is 28.0 Å². The molecule has 0 aliphatic rings. The Hall–Kier alpha value is -2.41. The third-order valence-corrected chi connectivity index (χ3v) is 3.61. The van der Waals surface area contributed by atoms with Crippen LogP contribution >= 0.6 is 0 Å². The molecular formula is C19H16O. The molecule has 0 N–H and O–H groups in total. The van der Waals surface area contributed by atoms with Gasteiger partial charge in [-0.25, -0.2) is 0 Å². The van der Waals surface area contributed by atoms with Crippen LogP contribution in [-0.4, -0.2) is 5.78 Å². The zero-order valence-electron chi connectivity index (χ0n) is 11.5. The summed E-state index contributed by atoms with van der Waals surface area (Å²) in [5.41, 5.74) is 3.06. The Morgan fingerprint density at radius 1 is 0.900 bits per heavy atom. The van der Waals surface area contributed by atoms with Crippen LogP contribution in [0.25, 0.3) is 21.9 Å². The number of carbonyl (C=O) groups excluding carboxylic acids is 1. The molecule has 0 unspecified atom stereocenters. The van der Waals surface area contributed by atoms with Gasteiger partial charge in [-0.3, -0.25) is 4.79 Å². The molecule has 0 bridgehead atoms. The summed E-state index contributed by atoms with van der Waals surface area (Å²) in [6.07, 6.45) is 0.541. The molecule has 0 saturated carbocycles. The number of hydrogen-bond donors (Lipinski definition) is 0. The van der Waals surface area contributed by atoms with Crippen LogP contribution in [0.3, 0.4) is 0 Å². The lowest BCUT2D eigenvalue weighted by molar-refractivity contribution is 0.0988. The van der Waals surface area contributed by atoms with Crippen LogP contribution in [-0.2, 0) is 0 Å². The van der Waals surface area contributed by atoms with Crippen molar-refractivity contribution in [1.82, 2.24) is 0 Å². The number of rotatable bonds is 3. The van der Waals surface area contributed by atoms with Gasteiger partial charge in [0.05, 0.1) is 0 Å². The summed E-state index contributed by atoms with van der Waals surface area (Å²) in [6.45, 7) is 1.90. The molecular weight excluding hydrogens is 244 g/mol. The summed E-state index contributed by atoms with van der Waals surface area (Å²) < 4.78 is 0. The first-order valence-corrected chi connectivity index (χ1v) is 6.91. The molecule has 0 atom stereocenters. The van der Waals surface area contributed by atoms with Crippen molar-refractivity contribution in [3.05, 3.63) is 72.3 Å². The van der Waals surface area contributed by atoms with Gasteiger partial charge in [-0.2, -0.15) is 0 Å². The number of Topliss-reactive ketones (excluding diaryl/α,β-unsaturated/α-hetero) is 1. The van der Waals surface area contributed by atoms with E-state index in [0.717, 1.165) is 11.1 Å². The summed E-state index contributed by atoms with van der Waals surface area (Å²) in [6, 6.07) is 22.5. The average molecular weight is 260 g/mol. The lowest BCUT2D eigenvalue weighted by atomic mass is 9.96. The average Bonchev–Trinajstić information content (AvgIpc) is 2.53. The number of fused-ring (bicyclic) bond motifs is 1. The van der Waals surface area contributed by atoms with Gasteiger partial charge in [0.2, 0.25) is 0 Å². The van der Waals surface area contributed by atoms with Gasteiger partial charge in [0, 0.05) is 12.0 Å². The van der Waals surface area contributed by atoms with Crippen molar-refractivity contribution in [2.75, 3.05) is 0 Å². The minimum absolute atomic E-state index is 0.187. The molecule has 1 heteroatoms. The van der Waals surface area contributed by atoms with Crippen molar-refractivity contribution in [2.24, 2.45) is 0 Å². The van der Waals surface area contributed by atoms with Gasteiger partial charge in [0.25, 0.3) is 0 Å². The fourth-order valence-electron chi connectivity index (χ4n) is 2.54. The largest absolute Gasteiger partial charge is 0.294 e. The summed E-state index contributed by atoms with van der Waals surface area (Å²) in [4.78, 5) is 11.9. The Labute approximate surface area is 118 Å². The third-order valence-electron chi connectivity index (χ3n) is 3.61. The Morgan fingerprint density at radius 3 is 2.50 bits per heavy atom. The Balaban J connectivity index is 2.18. The SMILES string of the molecule is CCC(=O)c1cccc(-c2cccc3ccccc23)c1. The van der Waals surface area contributed by atoms with Crippen LogP contribution in [0.5, 0.6) is 0 Å². The highest BCUT2D eigenvalue weighted by molar-refractivity contribution is 6.00. The van der Waals surface area contributed by atoms with Crippen molar-refractivity contribution in [3.8, 4) is 11.1 Å². The molecule has 3 aromatic rings. The van der Waals surface area contributed by atoms with E-state index in [4.69, 9.17) is 0 Å². The van der Waals surface area contributed by atoms with Crippen LogP contribution in [0.2, 0.25) is 0 Å². The van der Waals surface area contributed by atoms with E-state index in [9.17, 15) is 4.79 Å². The molecule has 0 aliphatic carbocycles. The van der Waals surface area contributed by atoms with Gasteiger partial charge < -0.3 is 0 Å². The number of benzene rings is 3. The second-order valence-electron chi connectivity index (χ2n) is 4.88. The van der Waals surface area contributed by atoms with Crippen LogP contribution in [0.4, 0.5) is 0 Å². The van der Waals surface area contributed by atoms with Crippen molar-refractivity contribution in [3.63, 3.8) is 0 Å². The lowest BCUT2D eigenvalue weighted by Crippen LogP contribution is -1.96. The predicted octanol–water partition coefficient (Wildman–Crippen LogP) is 5.10. The quantitative estimate of drug-likeness (QED) is 0.599. The van der Waals surface area contributed by atoms with Crippen LogP contribution in [0.15, 0.2) is 66.7 Å². The Bertz CT molecular complexity index is 766. The van der Waals surface area contributed by atoms with Gasteiger partial charge in [0.15, 0.2) is 5.78 Å². The second-order valence-corrected chi connectivity index (χ2v) is 4.88. The Morgan fingerprint density at radius 2 is 1.65 bits per heavy atom. The first-order chi connectivity index (χ1) is 9.79. The Kier molecular flexibility index (Phi) is 3.34. The predicted molar refractivity (Wildman–Crippen MR) is 84.0 cm³/mol. The van der Waals surface area contributed by atoms with E-state index in [0.29, 0.717) is 6.42 Å². The number of carbonyl (C=O) groups is 1. The van der Waals surface area contributed by atoms with E-state index >= 15 is 0 Å². The van der Waals surface area contributed by atoms with E-state index in [1.54, 1.807) is 0 Å². The molecule has 3 aromatic carbocycles. The fraction of sp³-hybridized carbons (Fsp3) is 0.105. The highest BCUT2D eigenvalue weighted by atomic mass is 16.1. The van der Waals surface area contributed by atoms with Crippen LogP contribution < -0.4 is 0 Å². The molecule has 0 radical (unpaired) electrons. The maximum Gasteiger partial charge on any atom is 0.162 e. The zero-order valence-corrected chi connectivity index (χ0v) is 11.5. The lowest BCUT2D eigenvalue weighted by Gasteiger charge is -2.08. The molecule has 20 heavy (non-hydrogen) atoms. The third kappa shape index (κ3) is 2.23. The minimum atomic E-state index is 0.187. The zero-order chi connectivity index (χ0) is 13.9. The fourth-order valence-corrected chi connectivity index (χ4v) is 2.54. The number of hydrogen-bond acceptors (Lipinski definition) is 1. The molecule has 0 aromatic heterocycles. The molecule has 0 aliphatic heterocycles. The smallest absolute Gasteiger partial charge is 0.162 e. The van der Waals surface area contributed by atoms with Gasteiger partial charge in [-0.1, -0.05) is 67.6 Å². The van der Waals surface area contributed by atoms with Gasteiger partial charge in [-0.15, -0.1) is 0 Å². The van der Waals surface area contributed by atoms with Crippen molar-refractivity contribution >= 4 is 16.6 Å². The van der Waals surface area contributed by atoms with Gasteiger partial charge >= 0.3 is 0 Å². The molecule has 98 valence electrons. The van der Waals surface area contributed by atoms with Crippen molar-refractivity contribution in [2.45, 2.75) is 13.3 Å². The molecule has 0 heterocycles. The summed E-state index contributed by atoms with van der Waals surface area (Å²) in [7, 11) is 0. The maximum atomic E-state index is 11.9. The standard InChI is InChI=1S/C19H16O/c1-2-19(20)16-10-5-9-15(13-16)18-12-6-8-14-7-3-4-11-17(14)18/h3-13H,2H2,1H3.